The molecule has 0 atom stereocenters. The van der Waals surface area contributed by atoms with Gasteiger partial charge in [0.15, 0.2) is 0 Å². The topological polar surface area (TPSA) is 46.2 Å². The van der Waals surface area contributed by atoms with Gasteiger partial charge in [0.2, 0.25) is 5.91 Å². The van der Waals surface area contributed by atoms with Crippen LogP contribution in [0.1, 0.15) is 33.1 Å². The van der Waals surface area contributed by atoms with E-state index in [1.807, 2.05) is 6.08 Å². The molecule has 0 aromatic heterocycles. The van der Waals surface area contributed by atoms with Crippen LogP contribution in [0.3, 0.4) is 0 Å². The van der Waals surface area contributed by atoms with E-state index in [9.17, 15) is 9.59 Å². The van der Waals surface area contributed by atoms with Crippen LogP contribution in [0.25, 0.3) is 0 Å². The smallest absolute Gasteiger partial charge is 0.220 e. The maximum atomic E-state index is 10.7. The van der Waals surface area contributed by atoms with Crippen LogP contribution < -0.4 is 5.32 Å². The van der Waals surface area contributed by atoms with Gasteiger partial charge in [0.25, 0.3) is 0 Å². The maximum absolute atomic E-state index is 10.7. The van der Waals surface area contributed by atoms with Gasteiger partial charge in [-0.05, 0) is 19.8 Å². The number of amides is 1. The Kier molecular flexibility index (Phi) is 6.37. The maximum Gasteiger partial charge on any atom is 0.220 e. The number of hydrogen-bond acceptors (Lipinski definition) is 2. The van der Waals surface area contributed by atoms with Gasteiger partial charge in [-0.2, -0.15) is 0 Å². The lowest BCUT2D eigenvalue weighted by molar-refractivity contribution is -0.118. The number of ketones is 1. The van der Waals surface area contributed by atoms with Crippen molar-refractivity contribution in [2.45, 2.75) is 33.1 Å². The van der Waals surface area contributed by atoms with Crippen molar-refractivity contribution in [2.75, 3.05) is 0 Å². The molecular formula is C11H17NO2. The van der Waals surface area contributed by atoms with E-state index in [1.165, 1.54) is 6.92 Å². The van der Waals surface area contributed by atoms with Crippen molar-refractivity contribution < 1.29 is 9.59 Å². The van der Waals surface area contributed by atoms with E-state index in [0.717, 1.165) is 12.0 Å². The lowest BCUT2D eigenvalue weighted by Crippen LogP contribution is -2.11. The average molecular weight is 195 g/mol. The van der Waals surface area contributed by atoms with E-state index in [4.69, 9.17) is 0 Å². The molecule has 0 aliphatic heterocycles. The minimum absolute atomic E-state index is 0.0874. The van der Waals surface area contributed by atoms with E-state index < -0.39 is 0 Å². The van der Waals surface area contributed by atoms with E-state index in [0.29, 0.717) is 12.8 Å². The third-order valence-electron chi connectivity index (χ3n) is 1.64. The quantitative estimate of drug-likeness (QED) is 0.658. The summed E-state index contributed by atoms with van der Waals surface area (Å²) >= 11 is 0. The molecule has 0 unspecified atom stereocenters. The molecule has 0 radical (unpaired) electrons. The van der Waals surface area contributed by atoms with Crippen LogP contribution in [0.5, 0.6) is 0 Å². The summed E-state index contributed by atoms with van der Waals surface area (Å²) in [6.45, 7) is 6.85. The fraction of sp³-hybridized carbons (Fsp3) is 0.455. The number of allylic oxidation sites excluding steroid dienone is 2. The van der Waals surface area contributed by atoms with Crippen molar-refractivity contribution in [1.82, 2.24) is 5.32 Å². The molecule has 0 aliphatic carbocycles. The van der Waals surface area contributed by atoms with E-state index >= 15 is 0 Å². The first-order valence-corrected chi connectivity index (χ1v) is 4.60. The molecule has 0 aliphatic rings. The monoisotopic (exact) mass is 195 g/mol. The standard InChI is InChI=1S/C11H17NO2/c1-9(6-7-10(2)13)5-4-8-12-11(3)14/h4,8H,1,5-7H2,2-3H3,(H,12,14)/b8-4+. The second-order valence-corrected chi connectivity index (χ2v) is 3.26. The molecule has 0 spiro atoms. The number of rotatable bonds is 6. The first-order valence-electron chi connectivity index (χ1n) is 4.60. The minimum Gasteiger partial charge on any atom is -0.333 e. The Morgan fingerprint density at radius 3 is 2.43 bits per heavy atom. The van der Waals surface area contributed by atoms with Crippen molar-refractivity contribution in [3.63, 3.8) is 0 Å². The highest BCUT2D eigenvalue weighted by Crippen LogP contribution is 2.07. The molecule has 1 amide bonds. The van der Waals surface area contributed by atoms with Gasteiger partial charge < -0.3 is 10.1 Å². The largest absolute Gasteiger partial charge is 0.333 e. The summed E-state index contributed by atoms with van der Waals surface area (Å²) in [7, 11) is 0. The minimum atomic E-state index is -0.0874. The van der Waals surface area contributed by atoms with E-state index in [1.54, 1.807) is 13.1 Å². The van der Waals surface area contributed by atoms with Gasteiger partial charge in [0, 0.05) is 19.5 Å². The lowest BCUT2D eigenvalue weighted by atomic mass is 10.1. The molecule has 0 rings (SSSR count). The lowest BCUT2D eigenvalue weighted by Gasteiger charge is -1.99. The summed E-state index contributed by atoms with van der Waals surface area (Å²) < 4.78 is 0. The highest BCUT2D eigenvalue weighted by atomic mass is 16.1. The van der Waals surface area contributed by atoms with Gasteiger partial charge >= 0.3 is 0 Å². The van der Waals surface area contributed by atoms with Crippen molar-refractivity contribution in [1.29, 1.82) is 0 Å². The Bertz CT molecular complexity index is 254. The molecule has 0 bridgehead atoms. The summed E-state index contributed by atoms with van der Waals surface area (Å²) in [5.41, 5.74) is 1.00. The Hall–Kier alpha value is -1.38. The predicted molar refractivity (Wildman–Crippen MR) is 56.6 cm³/mol. The third-order valence-corrected chi connectivity index (χ3v) is 1.64. The highest BCUT2D eigenvalue weighted by molar-refractivity contribution is 5.75. The van der Waals surface area contributed by atoms with Gasteiger partial charge in [0.1, 0.15) is 5.78 Å². The fourth-order valence-corrected chi connectivity index (χ4v) is 0.857. The summed E-state index contributed by atoms with van der Waals surface area (Å²) in [5, 5.41) is 2.54. The molecule has 0 aromatic carbocycles. The normalized spacial score (nSPS) is 10.1. The average Bonchev–Trinajstić information content (AvgIpc) is 2.08. The molecule has 14 heavy (non-hydrogen) atoms. The molecule has 0 aromatic rings. The van der Waals surface area contributed by atoms with Crippen LogP contribution in [-0.4, -0.2) is 11.7 Å². The zero-order valence-electron chi connectivity index (χ0n) is 8.80. The summed E-state index contributed by atoms with van der Waals surface area (Å²) in [6, 6.07) is 0. The van der Waals surface area contributed by atoms with Gasteiger partial charge in [-0.3, -0.25) is 4.79 Å². The first-order chi connectivity index (χ1) is 6.52. The van der Waals surface area contributed by atoms with Crippen LogP contribution >= 0.6 is 0 Å². The molecule has 3 nitrogen and oxygen atoms in total. The predicted octanol–water partition coefficient (Wildman–Crippen LogP) is 1.95. The van der Waals surface area contributed by atoms with Gasteiger partial charge in [-0.1, -0.05) is 18.2 Å². The number of carbonyl (C=O) groups excluding carboxylic acids is 2. The van der Waals surface area contributed by atoms with Crippen LogP contribution in [0.4, 0.5) is 0 Å². The summed E-state index contributed by atoms with van der Waals surface area (Å²) in [4.78, 5) is 21.1. The van der Waals surface area contributed by atoms with E-state index in [-0.39, 0.29) is 11.7 Å². The SMILES string of the molecule is C=C(C/C=C/NC(C)=O)CCC(C)=O. The van der Waals surface area contributed by atoms with Crippen LogP contribution in [0.15, 0.2) is 24.4 Å². The number of nitrogens with one attached hydrogen (secondary N) is 1. The number of Topliss-reactive ketones (excluding diaryl/α,β-unsaturated/α-hetero) is 1. The van der Waals surface area contributed by atoms with Crippen LogP contribution in [-0.2, 0) is 9.59 Å². The van der Waals surface area contributed by atoms with Gasteiger partial charge in [-0.25, -0.2) is 0 Å². The Morgan fingerprint density at radius 2 is 1.93 bits per heavy atom. The van der Waals surface area contributed by atoms with Crippen LogP contribution in [0, 0.1) is 0 Å². The molecule has 78 valence electrons. The number of hydrogen-bond donors (Lipinski definition) is 1. The first kappa shape index (κ1) is 12.6. The molecule has 1 N–H and O–H groups in total. The number of carbonyl (C=O) groups is 2. The molecule has 0 fully saturated rings. The Labute approximate surface area is 84.9 Å². The second-order valence-electron chi connectivity index (χ2n) is 3.26. The van der Waals surface area contributed by atoms with Crippen molar-refractivity contribution in [3.8, 4) is 0 Å². The Balaban J connectivity index is 3.58. The summed E-state index contributed by atoms with van der Waals surface area (Å²) in [6.07, 6.45) is 5.39. The fourth-order valence-electron chi connectivity index (χ4n) is 0.857. The van der Waals surface area contributed by atoms with Gasteiger partial charge in [-0.15, -0.1) is 0 Å². The summed E-state index contributed by atoms with van der Waals surface area (Å²) in [5.74, 6) is 0.0904. The molecular weight excluding hydrogens is 178 g/mol. The van der Waals surface area contributed by atoms with Crippen molar-refractivity contribution >= 4 is 11.7 Å². The van der Waals surface area contributed by atoms with Gasteiger partial charge in [0.05, 0.1) is 0 Å². The highest BCUT2D eigenvalue weighted by Gasteiger charge is 1.95. The molecule has 0 heterocycles. The Morgan fingerprint density at radius 1 is 1.29 bits per heavy atom. The van der Waals surface area contributed by atoms with Crippen molar-refractivity contribution in [3.05, 3.63) is 24.4 Å². The third kappa shape index (κ3) is 8.71. The molecule has 0 saturated heterocycles. The van der Waals surface area contributed by atoms with Crippen LogP contribution in [0.2, 0.25) is 0 Å². The second kappa shape index (κ2) is 7.06. The van der Waals surface area contributed by atoms with Crippen molar-refractivity contribution in [2.24, 2.45) is 0 Å². The zero-order valence-corrected chi connectivity index (χ0v) is 8.80. The molecule has 3 heteroatoms. The molecule has 0 saturated carbocycles. The zero-order chi connectivity index (χ0) is 11.0. The van der Waals surface area contributed by atoms with E-state index in [2.05, 4.69) is 11.9 Å².